The molecular weight excluding hydrogens is 333 g/mol. The van der Waals surface area contributed by atoms with Crippen LogP contribution >= 0.6 is 15.9 Å². The van der Waals surface area contributed by atoms with E-state index in [4.69, 9.17) is 4.74 Å². The van der Waals surface area contributed by atoms with E-state index in [1.54, 1.807) is 13.0 Å². The van der Waals surface area contributed by atoms with Crippen molar-refractivity contribution in [1.29, 1.82) is 5.26 Å². The summed E-state index contributed by atoms with van der Waals surface area (Å²) >= 11 is 3.44. The van der Waals surface area contributed by atoms with Gasteiger partial charge in [-0.1, -0.05) is 22.0 Å². The average Bonchev–Trinajstić information content (AvgIpc) is 2.63. The molecule has 4 heteroatoms. The summed E-state index contributed by atoms with van der Waals surface area (Å²) in [5.41, 5.74) is 4.04. The third-order valence-electron chi connectivity index (χ3n) is 3.48. The number of fused-ring (bicyclic) bond motifs is 2. The second-order valence-corrected chi connectivity index (χ2v) is 5.76. The molecule has 0 aliphatic carbocycles. The Kier molecular flexibility index (Phi) is 3.52. The fourth-order valence-corrected chi connectivity index (χ4v) is 2.92. The Bertz CT molecular complexity index is 749. The van der Waals surface area contributed by atoms with Crippen LogP contribution in [0.3, 0.4) is 0 Å². The van der Waals surface area contributed by atoms with Gasteiger partial charge in [-0.15, -0.1) is 0 Å². The Hall–Kier alpha value is -2.12. The number of nitrogens with zero attached hydrogens (tertiary/aromatic N) is 1. The first-order valence-corrected chi connectivity index (χ1v) is 7.22. The summed E-state index contributed by atoms with van der Waals surface area (Å²) in [7, 11) is 0. The van der Waals surface area contributed by atoms with E-state index in [0.29, 0.717) is 17.9 Å². The zero-order chi connectivity index (χ0) is 15.0. The van der Waals surface area contributed by atoms with E-state index < -0.39 is 0 Å². The van der Waals surface area contributed by atoms with Gasteiger partial charge in [-0.05, 0) is 42.3 Å². The standard InChI is InChI=1S/C17H11BrFNO/c1-10(8-20)17-14-4-2-12(18)6-11(14)9-21-16-7-13(19)3-5-15(16)17/h2-7H,9H2,1H3/b17-10-. The van der Waals surface area contributed by atoms with E-state index in [1.165, 1.54) is 12.1 Å². The number of allylic oxidation sites excluding steroid dienone is 1. The first-order chi connectivity index (χ1) is 10.1. The smallest absolute Gasteiger partial charge is 0.130 e. The lowest BCUT2D eigenvalue weighted by atomic mass is 9.91. The van der Waals surface area contributed by atoms with Crippen LogP contribution in [-0.2, 0) is 6.61 Å². The number of ether oxygens (including phenoxy) is 1. The molecule has 0 saturated heterocycles. The summed E-state index contributed by atoms with van der Waals surface area (Å²) in [6.07, 6.45) is 0. The molecule has 1 aliphatic rings. The number of hydrogen-bond acceptors (Lipinski definition) is 2. The molecule has 3 rings (SSSR count). The van der Waals surface area contributed by atoms with E-state index >= 15 is 0 Å². The zero-order valence-electron chi connectivity index (χ0n) is 11.3. The van der Waals surface area contributed by atoms with Gasteiger partial charge in [0.25, 0.3) is 0 Å². The summed E-state index contributed by atoms with van der Waals surface area (Å²) in [5.74, 6) is 0.113. The van der Waals surface area contributed by atoms with Gasteiger partial charge >= 0.3 is 0 Å². The van der Waals surface area contributed by atoms with Crippen LogP contribution in [0.25, 0.3) is 5.57 Å². The molecule has 2 aromatic carbocycles. The lowest BCUT2D eigenvalue weighted by Crippen LogP contribution is -1.96. The van der Waals surface area contributed by atoms with Crippen LogP contribution in [0.4, 0.5) is 4.39 Å². The molecule has 2 nitrogen and oxygen atoms in total. The maximum absolute atomic E-state index is 13.5. The van der Waals surface area contributed by atoms with Gasteiger partial charge in [-0.25, -0.2) is 4.39 Å². The fraction of sp³-hybridized carbons (Fsp3) is 0.118. The minimum absolute atomic E-state index is 0.341. The molecule has 0 fully saturated rings. The highest BCUT2D eigenvalue weighted by atomic mass is 79.9. The predicted octanol–water partition coefficient (Wildman–Crippen LogP) is 4.83. The SMILES string of the molecule is C/C(C#N)=C1\c2ccc(Br)cc2COc2cc(F)ccc21. The van der Waals surface area contributed by atoms with Crippen molar-refractivity contribution < 1.29 is 9.13 Å². The molecule has 0 bridgehead atoms. The summed E-state index contributed by atoms with van der Waals surface area (Å²) in [4.78, 5) is 0. The van der Waals surface area contributed by atoms with E-state index in [0.717, 1.165) is 26.7 Å². The predicted molar refractivity (Wildman–Crippen MR) is 82.2 cm³/mol. The minimum Gasteiger partial charge on any atom is -0.488 e. The van der Waals surface area contributed by atoms with Gasteiger partial charge < -0.3 is 4.74 Å². The molecule has 0 atom stereocenters. The number of rotatable bonds is 0. The third kappa shape index (κ3) is 2.45. The van der Waals surface area contributed by atoms with Crippen LogP contribution in [0.1, 0.15) is 23.6 Å². The average molecular weight is 344 g/mol. The van der Waals surface area contributed by atoms with Gasteiger partial charge in [-0.3, -0.25) is 0 Å². The highest BCUT2D eigenvalue weighted by molar-refractivity contribution is 9.10. The molecule has 21 heavy (non-hydrogen) atoms. The van der Waals surface area contributed by atoms with Crippen LogP contribution in [0.15, 0.2) is 46.4 Å². The maximum Gasteiger partial charge on any atom is 0.130 e. The molecule has 2 aromatic rings. The topological polar surface area (TPSA) is 33.0 Å². The van der Waals surface area contributed by atoms with Crippen LogP contribution < -0.4 is 4.74 Å². The molecule has 0 aromatic heterocycles. The molecule has 0 radical (unpaired) electrons. The van der Waals surface area contributed by atoms with Crippen molar-refractivity contribution in [2.45, 2.75) is 13.5 Å². The van der Waals surface area contributed by atoms with Crippen molar-refractivity contribution in [2.24, 2.45) is 0 Å². The number of benzene rings is 2. The van der Waals surface area contributed by atoms with Gasteiger partial charge in [0.05, 0.1) is 6.07 Å². The molecule has 1 heterocycles. The molecule has 1 aliphatic heterocycles. The van der Waals surface area contributed by atoms with Gasteiger partial charge in [0.1, 0.15) is 18.2 Å². The molecule has 0 saturated carbocycles. The number of nitriles is 1. The number of halogens is 2. The van der Waals surface area contributed by atoms with Gasteiger partial charge in [0.15, 0.2) is 0 Å². The Labute approximate surface area is 130 Å². The van der Waals surface area contributed by atoms with E-state index in [-0.39, 0.29) is 5.82 Å². The lowest BCUT2D eigenvalue weighted by Gasteiger charge is -2.11. The third-order valence-corrected chi connectivity index (χ3v) is 3.97. The van der Waals surface area contributed by atoms with Crippen molar-refractivity contribution >= 4 is 21.5 Å². The summed E-state index contributed by atoms with van der Waals surface area (Å²) in [5, 5.41) is 9.31. The Morgan fingerprint density at radius 3 is 2.76 bits per heavy atom. The Morgan fingerprint density at radius 2 is 2.00 bits per heavy atom. The molecular formula is C17H11BrFNO. The van der Waals surface area contributed by atoms with Gasteiger partial charge in [-0.2, -0.15) is 5.26 Å². The van der Waals surface area contributed by atoms with Crippen molar-refractivity contribution in [3.05, 3.63) is 69.0 Å². The lowest BCUT2D eigenvalue weighted by molar-refractivity contribution is 0.305. The minimum atomic E-state index is -0.352. The number of hydrogen-bond donors (Lipinski definition) is 0. The summed E-state index contributed by atoms with van der Waals surface area (Å²) < 4.78 is 20.1. The largest absolute Gasteiger partial charge is 0.488 e. The van der Waals surface area contributed by atoms with Gasteiger partial charge in [0.2, 0.25) is 0 Å². The Balaban J connectivity index is 2.34. The van der Waals surface area contributed by atoms with Crippen LogP contribution in [0.5, 0.6) is 5.75 Å². The van der Waals surface area contributed by atoms with Crippen molar-refractivity contribution in [2.75, 3.05) is 0 Å². The fourth-order valence-electron chi connectivity index (χ4n) is 2.51. The first kappa shape index (κ1) is 13.8. The summed E-state index contributed by atoms with van der Waals surface area (Å²) in [6.45, 7) is 2.10. The van der Waals surface area contributed by atoms with Gasteiger partial charge in [0, 0.05) is 27.2 Å². The maximum atomic E-state index is 13.5. The second-order valence-electron chi connectivity index (χ2n) is 4.84. The van der Waals surface area contributed by atoms with Crippen LogP contribution in [-0.4, -0.2) is 0 Å². The van der Waals surface area contributed by atoms with Crippen LogP contribution in [0, 0.1) is 17.1 Å². The second kappa shape index (κ2) is 5.34. The molecule has 0 unspecified atom stereocenters. The monoisotopic (exact) mass is 343 g/mol. The van der Waals surface area contributed by atoms with E-state index in [1.807, 2.05) is 18.2 Å². The Morgan fingerprint density at radius 1 is 1.24 bits per heavy atom. The normalized spacial score (nSPS) is 15.1. The van der Waals surface area contributed by atoms with Crippen molar-refractivity contribution in [1.82, 2.24) is 0 Å². The highest BCUT2D eigenvalue weighted by Gasteiger charge is 2.21. The van der Waals surface area contributed by atoms with E-state index in [2.05, 4.69) is 22.0 Å². The van der Waals surface area contributed by atoms with E-state index in [9.17, 15) is 9.65 Å². The molecule has 104 valence electrons. The quantitative estimate of drug-likeness (QED) is 0.642. The molecule has 0 spiro atoms. The van der Waals surface area contributed by atoms with Crippen molar-refractivity contribution in [3.63, 3.8) is 0 Å². The zero-order valence-corrected chi connectivity index (χ0v) is 12.9. The van der Waals surface area contributed by atoms with Crippen molar-refractivity contribution in [3.8, 4) is 11.8 Å². The molecule has 0 N–H and O–H groups in total. The summed E-state index contributed by atoms with van der Waals surface area (Å²) in [6, 6.07) is 12.4. The first-order valence-electron chi connectivity index (χ1n) is 6.42. The van der Waals surface area contributed by atoms with Crippen LogP contribution in [0.2, 0.25) is 0 Å². The molecule has 0 amide bonds. The highest BCUT2D eigenvalue weighted by Crippen LogP contribution is 2.39.